The normalized spacial score (nSPS) is 13.7. The Hall–Kier alpha value is -3.57. The number of carbonyl (C=O) groups excluding carboxylic acids is 2. The highest BCUT2D eigenvalue weighted by Crippen LogP contribution is 2.37. The number of anilines is 2. The number of aryl methyl sites for hydroxylation is 2. The van der Waals surface area contributed by atoms with Gasteiger partial charge in [0.1, 0.15) is 11.4 Å². The van der Waals surface area contributed by atoms with E-state index < -0.39 is 11.8 Å². The van der Waals surface area contributed by atoms with Crippen LogP contribution in [-0.2, 0) is 9.59 Å². The van der Waals surface area contributed by atoms with E-state index >= 15 is 0 Å². The minimum Gasteiger partial charge on any atom is -0.495 e. The number of hydrogen-bond acceptors (Lipinski definition) is 4. The molecule has 156 valence electrons. The fourth-order valence-electron chi connectivity index (χ4n) is 3.56. The number of nitrogens with one attached hydrogen (secondary N) is 1. The van der Waals surface area contributed by atoms with Crippen molar-refractivity contribution in [1.29, 1.82) is 0 Å². The van der Waals surface area contributed by atoms with Crippen molar-refractivity contribution in [2.75, 3.05) is 17.3 Å². The molecule has 0 fully saturated rings. The molecule has 1 aliphatic heterocycles. The van der Waals surface area contributed by atoms with E-state index in [1.165, 1.54) is 4.90 Å². The third-order valence-corrected chi connectivity index (χ3v) is 5.44. The van der Waals surface area contributed by atoms with E-state index in [0.29, 0.717) is 33.3 Å². The Bertz CT molecular complexity index is 1220. The van der Waals surface area contributed by atoms with Crippen molar-refractivity contribution >= 4 is 40.4 Å². The lowest BCUT2D eigenvalue weighted by Crippen LogP contribution is -2.33. The average Bonchev–Trinajstić information content (AvgIpc) is 3.00. The Morgan fingerprint density at radius 1 is 0.903 bits per heavy atom. The molecule has 2 amide bonds. The lowest BCUT2D eigenvalue weighted by Gasteiger charge is -2.18. The molecular weight excluding hydrogens is 412 g/mol. The summed E-state index contributed by atoms with van der Waals surface area (Å²) >= 11 is 6.17. The number of carbonyl (C=O) groups is 2. The first-order valence-electron chi connectivity index (χ1n) is 9.77. The first-order chi connectivity index (χ1) is 14.9. The van der Waals surface area contributed by atoms with Crippen molar-refractivity contribution in [3.8, 4) is 5.75 Å². The van der Waals surface area contributed by atoms with Crippen molar-refractivity contribution in [3.05, 3.63) is 94.1 Å². The number of para-hydroxylation sites is 2. The molecule has 0 aromatic heterocycles. The second-order valence-electron chi connectivity index (χ2n) is 7.32. The van der Waals surface area contributed by atoms with Gasteiger partial charge in [-0.1, -0.05) is 59.6 Å². The predicted octanol–water partition coefficient (Wildman–Crippen LogP) is 5.36. The third kappa shape index (κ3) is 3.80. The Labute approximate surface area is 185 Å². The van der Waals surface area contributed by atoms with Gasteiger partial charge in [-0.2, -0.15) is 0 Å². The van der Waals surface area contributed by atoms with Crippen LogP contribution in [0.25, 0.3) is 5.57 Å². The fourth-order valence-corrected chi connectivity index (χ4v) is 3.72. The Morgan fingerprint density at radius 3 is 2.32 bits per heavy atom. The molecular formula is C25H21ClN2O3. The zero-order valence-corrected chi connectivity index (χ0v) is 18.2. The number of methoxy groups -OCH3 is 1. The van der Waals surface area contributed by atoms with Crippen LogP contribution < -0.4 is 15.0 Å². The highest BCUT2D eigenvalue weighted by molar-refractivity contribution is 6.46. The molecule has 0 atom stereocenters. The Balaban J connectivity index is 1.87. The van der Waals surface area contributed by atoms with Gasteiger partial charge in [-0.25, -0.2) is 4.90 Å². The third-order valence-electron chi connectivity index (χ3n) is 5.20. The molecule has 6 heteroatoms. The number of hydrogen-bond donors (Lipinski definition) is 1. The molecule has 1 heterocycles. The highest BCUT2D eigenvalue weighted by atomic mass is 35.5. The van der Waals surface area contributed by atoms with E-state index in [-0.39, 0.29) is 5.70 Å². The number of ether oxygens (including phenoxy) is 1. The van der Waals surface area contributed by atoms with Crippen LogP contribution in [0.3, 0.4) is 0 Å². The monoisotopic (exact) mass is 432 g/mol. The van der Waals surface area contributed by atoms with Gasteiger partial charge >= 0.3 is 0 Å². The molecule has 0 aliphatic carbocycles. The topological polar surface area (TPSA) is 58.6 Å². The molecule has 3 aromatic carbocycles. The van der Waals surface area contributed by atoms with E-state index in [9.17, 15) is 9.59 Å². The van der Waals surface area contributed by atoms with Gasteiger partial charge in [0.15, 0.2) is 0 Å². The van der Waals surface area contributed by atoms with E-state index in [1.54, 1.807) is 37.4 Å². The maximum Gasteiger partial charge on any atom is 0.282 e. The maximum absolute atomic E-state index is 13.6. The van der Waals surface area contributed by atoms with Gasteiger partial charge in [0, 0.05) is 5.02 Å². The van der Waals surface area contributed by atoms with Crippen LogP contribution in [0.5, 0.6) is 5.75 Å². The van der Waals surface area contributed by atoms with Crippen molar-refractivity contribution < 1.29 is 14.3 Å². The van der Waals surface area contributed by atoms with Crippen LogP contribution in [0.15, 0.2) is 72.4 Å². The van der Waals surface area contributed by atoms with Crippen molar-refractivity contribution in [2.45, 2.75) is 13.8 Å². The van der Waals surface area contributed by atoms with E-state index in [2.05, 4.69) is 5.32 Å². The summed E-state index contributed by atoms with van der Waals surface area (Å²) in [5, 5.41) is 3.60. The van der Waals surface area contributed by atoms with Gasteiger partial charge in [-0.3, -0.25) is 9.59 Å². The molecule has 0 bridgehead atoms. The molecule has 0 saturated heterocycles. The summed E-state index contributed by atoms with van der Waals surface area (Å²) in [5.74, 6) is -0.288. The first kappa shape index (κ1) is 20.7. The number of benzene rings is 3. The molecule has 0 unspecified atom stereocenters. The molecule has 4 rings (SSSR count). The molecule has 5 nitrogen and oxygen atoms in total. The van der Waals surface area contributed by atoms with E-state index in [1.807, 2.05) is 50.2 Å². The summed E-state index contributed by atoms with van der Waals surface area (Å²) in [6, 6.07) is 19.9. The van der Waals surface area contributed by atoms with Gasteiger partial charge in [0.25, 0.3) is 11.8 Å². The minimum absolute atomic E-state index is 0.192. The summed E-state index contributed by atoms with van der Waals surface area (Å²) in [6.07, 6.45) is 0. The first-order valence-corrected chi connectivity index (χ1v) is 10.1. The quantitative estimate of drug-likeness (QED) is 0.551. The van der Waals surface area contributed by atoms with Crippen LogP contribution in [0, 0.1) is 13.8 Å². The number of rotatable bonds is 5. The SMILES string of the molecule is COc1ccccc1NC1=C(c2ccc(C)cc2)C(=O)N(c2cc(Cl)ccc2C)C1=O. The molecule has 3 aromatic rings. The van der Waals surface area contributed by atoms with Crippen LogP contribution >= 0.6 is 11.6 Å². The molecule has 1 aliphatic rings. The zero-order valence-electron chi connectivity index (χ0n) is 17.4. The second-order valence-corrected chi connectivity index (χ2v) is 7.75. The van der Waals surface area contributed by atoms with Crippen molar-refractivity contribution in [2.24, 2.45) is 0 Å². The van der Waals surface area contributed by atoms with Crippen molar-refractivity contribution in [1.82, 2.24) is 0 Å². The van der Waals surface area contributed by atoms with Crippen LogP contribution in [0.2, 0.25) is 5.02 Å². The molecule has 31 heavy (non-hydrogen) atoms. The van der Waals surface area contributed by atoms with Gasteiger partial charge in [0.05, 0.1) is 24.1 Å². The number of amides is 2. The van der Waals surface area contributed by atoms with Gasteiger partial charge in [0.2, 0.25) is 0 Å². The van der Waals surface area contributed by atoms with E-state index in [0.717, 1.165) is 11.1 Å². The summed E-state index contributed by atoms with van der Waals surface area (Å²) in [4.78, 5) is 28.3. The maximum atomic E-state index is 13.6. The molecule has 0 radical (unpaired) electrons. The molecule has 0 saturated carbocycles. The minimum atomic E-state index is -0.447. The second kappa shape index (κ2) is 8.28. The fraction of sp³-hybridized carbons (Fsp3) is 0.120. The van der Waals surface area contributed by atoms with E-state index in [4.69, 9.17) is 16.3 Å². The van der Waals surface area contributed by atoms with Gasteiger partial charge < -0.3 is 10.1 Å². The smallest absolute Gasteiger partial charge is 0.282 e. The number of imide groups is 1. The predicted molar refractivity (Wildman–Crippen MR) is 123 cm³/mol. The number of nitrogens with zero attached hydrogens (tertiary/aromatic N) is 1. The van der Waals surface area contributed by atoms with Crippen molar-refractivity contribution in [3.63, 3.8) is 0 Å². The largest absolute Gasteiger partial charge is 0.495 e. The van der Waals surface area contributed by atoms with Crippen LogP contribution in [0.4, 0.5) is 11.4 Å². The van der Waals surface area contributed by atoms with Crippen LogP contribution in [0.1, 0.15) is 16.7 Å². The van der Waals surface area contributed by atoms with Crippen LogP contribution in [-0.4, -0.2) is 18.9 Å². The zero-order chi connectivity index (χ0) is 22.1. The summed E-state index contributed by atoms with van der Waals surface area (Å²) < 4.78 is 5.41. The highest BCUT2D eigenvalue weighted by Gasteiger charge is 2.41. The standard InChI is InChI=1S/C25H21ClN2O3/c1-15-8-11-17(12-9-15)22-23(27-19-6-4-5-7-21(19)31-3)25(30)28(24(22)29)20-14-18(26)13-10-16(20)2/h4-14,27H,1-3H3. The average molecular weight is 433 g/mol. The Kier molecular flexibility index (Phi) is 5.53. The summed E-state index contributed by atoms with van der Waals surface area (Å²) in [5.41, 5.74) is 4.03. The van der Waals surface area contributed by atoms with Gasteiger partial charge in [-0.05, 0) is 49.2 Å². The lowest BCUT2D eigenvalue weighted by atomic mass is 10.0. The number of halogens is 1. The molecule has 1 N–H and O–H groups in total. The Morgan fingerprint density at radius 2 is 1.61 bits per heavy atom. The van der Waals surface area contributed by atoms with Gasteiger partial charge in [-0.15, -0.1) is 0 Å². The molecule has 0 spiro atoms. The summed E-state index contributed by atoms with van der Waals surface area (Å²) in [6.45, 7) is 3.80. The summed E-state index contributed by atoms with van der Waals surface area (Å²) in [7, 11) is 1.55. The lowest BCUT2D eigenvalue weighted by molar-refractivity contribution is -0.120.